The van der Waals surface area contributed by atoms with Gasteiger partial charge in [0.05, 0.1) is 6.42 Å². The monoisotopic (exact) mass is 367 g/mol. The number of carbonyl (C=O) groups is 2. The number of hydrogen-bond donors (Lipinski definition) is 1. The van der Waals surface area contributed by atoms with E-state index >= 15 is 0 Å². The minimum absolute atomic E-state index is 0.0885. The average Bonchev–Trinajstić information content (AvgIpc) is 2.75. The number of amides is 1. The van der Waals surface area contributed by atoms with Gasteiger partial charge in [0, 0.05) is 28.0 Å². The number of carboxylic acids is 1. The predicted molar refractivity (Wildman–Crippen MR) is 87.1 cm³/mol. The highest BCUT2D eigenvalue weighted by molar-refractivity contribution is 9.10. The summed E-state index contributed by atoms with van der Waals surface area (Å²) >= 11 is 3.40. The number of benzene rings is 1. The van der Waals surface area contributed by atoms with Crippen molar-refractivity contribution in [1.29, 1.82) is 0 Å². The van der Waals surface area contributed by atoms with Crippen molar-refractivity contribution in [3.05, 3.63) is 34.0 Å². The van der Waals surface area contributed by atoms with Crippen LogP contribution in [0, 0.1) is 6.92 Å². The lowest BCUT2D eigenvalue weighted by Crippen LogP contribution is -2.38. The number of aryl methyl sites for hydroxylation is 1. The zero-order chi connectivity index (χ0) is 16.4. The molecule has 1 amide bonds. The van der Waals surface area contributed by atoms with Crippen LogP contribution < -0.4 is 0 Å². The SMILES string of the molecule is Cc1c(C(=O)N(CCC(=O)O)C(C)C)oc2ccc(Br)cc12. The van der Waals surface area contributed by atoms with E-state index in [2.05, 4.69) is 15.9 Å². The molecular formula is C16H18BrNO4. The lowest BCUT2D eigenvalue weighted by Gasteiger charge is -2.25. The Bertz CT molecular complexity index is 720. The van der Waals surface area contributed by atoms with Crippen LogP contribution in [0.3, 0.4) is 0 Å². The number of hydrogen-bond acceptors (Lipinski definition) is 3. The van der Waals surface area contributed by atoms with Crippen molar-refractivity contribution in [2.75, 3.05) is 6.54 Å². The molecule has 2 rings (SSSR count). The third kappa shape index (κ3) is 3.32. The summed E-state index contributed by atoms with van der Waals surface area (Å²) in [6.45, 7) is 5.70. The molecule has 0 aliphatic heterocycles. The second-order valence-electron chi connectivity index (χ2n) is 5.43. The zero-order valence-corrected chi connectivity index (χ0v) is 14.3. The number of carboxylic acid groups (broad SMARTS) is 1. The van der Waals surface area contributed by atoms with E-state index in [9.17, 15) is 9.59 Å². The molecule has 0 bridgehead atoms. The van der Waals surface area contributed by atoms with Gasteiger partial charge in [-0.05, 0) is 39.0 Å². The Morgan fingerprint density at radius 1 is 1.36 bits per heavy atom. The molecule has 0 atom stereocenters. The van der Waals surface area contributed by atoms with E-state index in [0.717, 1.165) is 15.4 Å². The quantitative estimate of drug-likeness (QED) is 0.871. The number of furan rings is 1. The lowest BCUT2D eigenvalue weighted by molar-refractivity contribution is -0.137. The number of nitrogens with zero attached hydrogens (tertiary/aromatic N) is 1. The molecule has 0 spiro atoms. The summed E-state index contributed by atoms with van der Waals surface area (Å²) in [5.41, 5.74) is 1.41. The number of aliphatic carboxylic acids is 1. The molecule has 1 aromatic carbocycles. The van der Waals surface area contributed by atoms with Crippen LogP contribution in [0.2, 0.25) is 0 Å². The first-order valence-electron chi connectivity index (χ1n) is 7.02. The van der Waals surface area contributed by atoms with E-state index in [4.69, 9.17) is 9.52 Å². The molecule has 22 heavy (non-hydrogen) atoms. The highest BCUT2D eigenvalue weighted by Crippen LogP contribution is 2.29. The molecule has 0 fully saturated rings. The van der Waals surface area contributed by atoms with Gasteiger partial charge in [0.2, 0.25) is 0 Å². The number of halogens is 1. The summed E-state index contributed by atoms with van der Waals surface area (Å²) in [5.74, 6) is -0.933. The molecule has 0 aliphatic carbocycles. The fourth-order valence-corrected chi connectivity index (χ4v) is 2.70. The smallest absolute Gasteiger partial charge is 0.305 e. The van der Waals surface area contributed by atoms with Crippen molar-refractivity contribution in [1.82, 2.24) is 4.90 Å². The highest BCUT2D eigenvalue weighted by atomic mass is 79.9. The summed E-state index contributed by atoms with van der Waals surface area (Å²) < 4.78 is 6.61. The zero-order valence-electron chi connectivity index (χ0n) is 12.7. The summed E-state index contributed by atoms with van der Waals surface area (Å²) in [6, 6.07) is 5.46. The number of fused-ring (bicyclic) bond motifs is 1. The van der Waals surface area contributed by atoms with Crippen LogP contribution in [0.15, 0.2) is 27.1 Å². The second kappa shape index (κ2) is 6.52. The topological polar surface area (TPSA) is 70.8 Å². The van der Waals surface area contributed by atoms with Gasteiger partial charge < -0.3 is 14.4 Å². The van der Waals surface area contributed by atoms with Crippen molar-refractivity contribution in [2.24, 2.45) is 0 Å². The van der Waals surface area contributed by atoms with Crippen molar-refractivity contribution >= 4 is 38.8 Å². The molecular weight excluding hydrogens is 350 g/mol. The molecule has 1 aromatic heterocycles. The Morgan fingerprint density at radius 3 is 2.64 bits per heavy atom. The second-order valence-corrected chi connectivity index (χ2v) is 6.35. The fraction of sp³-hybridized carbons (Fsp3) is 0.375. The van der Waals surface area contributed by atoms with Gasteiger partial charge in [-0.15, -0.1) is 0 Å². The lowest BCUT2D eigenvalue weighted by atomic mass is 10.1. The van der Waals surface area contributed by atoms with E-state index in [-0.39, 0.29) is 30.7 Å². The average molecular weight is 368 g/mol. The molecule has 0 unspecified atom stereocenters. The standard InChI is InChI=1S/C16H18BrNO4/c1-9(2)18(7-6-14(19)20)16(21)15-10(3)12-8-11(17)4-5-13(12)22-15/h4-5,8-9H,6-7H2,1-3H3,(H,19,20). The van der Waals surface area contributed by atoms with Crippen LogP contribution in [0.1, 0.15) is 36.4 Å². The van der Waals surface area contributed by atoms with Crippen molar-refractivity contribution in [3.63, 3.8) is 0 Å². The molecule has 0 saturated carbocycles. The van der Waals surface area contributed by atoms with Crippen LogP contribution in [0.25, 0.3) is 11.0 Å². The van der Waals surface area contributed by atoms with Crippen molar-refractivity contribution in [2.45, 2.75) is 33.2 Å². The normalized spacial score (nSPS) is 11.1. The van der Waals surface area contributed by atoms with E-state index in [0.29, 0.717) is 5.58 Å². The summed E-state index contributed by atoms with van der Waals surface area (Å²) in [4.78, 5) is 25.0. The predicted octanol–water partition coefficient (Wildman–Crippen LogP) is 3.83. The Kier molecular flexibility index (Phi) is 4.90. The molecule has 2 aromatic rings. The van der Waals surface area contributed by atoms with Crippen molar-refractivity contribution in [3.8, 4) is 0 Å². The minimum atomic E-state index is -0.927. The molecule has 1 heterocycles. The highest BCUT2D eigenvalue weighted by Gasteiger charge is 2.25. The first kappa shape index (κ1) is 16.5. The van der Waals surface area contributed by atoms with E-state index in [1.54, 1.807) is 6.07 Å². The maximum Gasteiger partial charge on any atom is 0.305 e. The number of rotatable bonds is 5. The van der Waals surface area contributed by atoms with Gasteiger partial charge in [0.15, 0.2) is 5.76 Å². The van der Waals surface area contributed by atoms with Gasteiger partial charge in [-0.1, -0.05) is 15.9 Å². The number of carbonyl (C=O) groups excluding carboxylic acids is 1. The van der Waals surface area contributed by atoms with E-state index < -0.39 is 5.97 Å². The third-order valence-corrected chi connectivity index (χ3v) is 4.04. The molecule has 6 heteroatoms. The molecule has 5 nitrogen and oxygen atoms in total. The summed E-state index contributed by atoms with van der Waals surface area (Å²) in [6.07, 6.45) is -0.0885. The van der Waals surface area contributed by atoms with Gasteiger partial charge in [-0.3, -0.25) is 9.59 Å². The molecule has 0 aliphatic rings. The van der Waals surface area contributed by atoms with Crippen LogP contribution >= 0.6 is 15.9 Å². The molecule has 118 valence electrons. The van der Waals surface area contributed by atoms with Gasteiger partial charge in [0.25, 0.3) is 5.91 Å². The van der Waals surface area contributed by atoms with E-state index in [1.165, 1.54) is 4.90 Å². The maximum absolute atomic E-state index is 12.7. The first-order chi connectivity index (χ1) is 10.3. The summed E-state index contributed by atoms with van der Waals surface area (Å²) in [5, 5.41) is 9.70. The first-order valence-corrected chi connectivity index (χ1v) is 7.82. The Morgan fingerprint density at radius 2 is 2.05 bits per heavy atom. The Labute approximate surface area is 137 Å². The molecule has 1 N–H and O–H groups in total. The maximum atomic E-state index is 12.7. The van der Waals surface area contributed by atoms with Crippen LogP contribution in [-0.4, -0.2) is 34.5 Å². The van der Waals surface area contributed by atoms with Crippen LogP contribution in [0.5, 0.6) is 0 Å². The van der Waals surface area contributed by atoms with Crippen LogP contribution in [-0.2, 0) is 4.79 Å². The van der Waals surface area contributed by atoms with E-state index in [1.807, 2.05) is 32.9 Å². The Hall–Kier alpha value is -1.82. The largest absolute Gasteiger partial charge is 0.481 e. The minimum Gasteiger partial charge on any atom is -0.481 e. The van der Waals surface area contributed by atoms with Gasteiger partial charge in [-0.25, -0.2) is 0 Å². The summed E-state index contributed by atoms with van der Waals surface area (Å²) in [7, 11) is 0. The van der Waals surface area contributed by atoms with Crippen LogP contribution in [0.4, 0.5) is 0 Å². The van der Waals surface area contributed by atoms with Gasteiger partial charge >= 0.3 is 5.97 Å². The van der Waals surface area contributed by atoms with Crippen molar-refractivity contribution < 1.29 is 19.1 Å². The Balaban J connectivity index is 2.38. The van der Waals surface area contributed by atoms with Gasteiger partial charge in [0.1, 0.15) is 5.58 Å². The molecule has 0 saturated heterocycles. The third-order valence-electron chi connectivity index (χ3n) is 3.54. The fourth-order valence-electron chi connectivity index (χ4n) is 2.34. The van der Waals surface area contributed by atoms with Gasteiger partial charge in [-0.2, -0.15) is 0 Å². The molecule has 0 radical (unpaired) electrons.